The van der Waals surface area contributed by atoms with Crippen molar-refractivity contribution in [1.29, 1.82) is 0 Å². The highest BCUT2D eigenvalue weighted by atomic mass is 19.3. The van der Waals surface area contributed by atoms with E-state index >= 15 is 0 Å². The molecule has 1 aromatic rings. The Bertz CT molecular complexity index is 328. The molecular formula is C12H16F2O2. The zero-order valence-corrected chi connectivity index (χ0v) is 9.32. The zero-order valence-electron chi connectivity index (χ0n) is 9.32. The van der Waals surface area contributed by atoms with Gasteiger partial charge in [-0.25, -0.2) is 8.78 Å². The minimum atomic E-state index is -2.83. The Morgan fingerprint density at radius 2 is 1.69 bits per heavy atom. The summed E-state index contributed by atoms with van der Waals surface area (Å²) in [5.41, 5.74) is 0.780. The van der Waals surface area contributed by atoms with E-state index in [0.717, 1.165) is 12.5 Å². The molecule has 2 nitrogen and oxygen atoms in total. The Morgan fingerprint density at radius 1 is 1.19 bits per heavy atom. The second-order valence-corrected chi connectivity index (χ2v) is 4.18. The fraction of sp³-hybridized carbons (Fsp3) is 0.500. The highest BCUT2D eigenvalue weighted by molar-refractivity contribution is 5.25. The van der Waals surface area contributed by atoms with Crippen molar-refractivity contribution in [3.63, 3.8) is 0 Å². The second kappa shape index (κ2) is 4.89. The van der Waals surface area contributed by atoms with Gasteiger partial charge in [-0.3, -0.25) is 0 Å². The van der Waals surface area contributed by atoms with E-state index in [1.165, 1.54) is 12.1 Å². The van der Waals surface area contributed by atoms with E-state index in [4.69, 9.17) is 10.2 Å². The van der Waals surface area contributed by atoms with Crippen LogP contribution in [0.3, 0.4) is 0 Å². The molecule has 4 heteroatoms. The van der Waals surface area contributed by atoms with Gasteiger partial charge in [-0.1, -0.05) is 31.2 Å². The van der Waals surface area contributed by atoms with E-state index in [0.29, 0.717) is 6.42 Å². The average Bonchev–Trinajstić information content (AvgIpc) is 2.17. The number of aliphatic hydroxyl groups is 2. The van der Waals surface area contributed by atoms with Gasteiger partial charge in [0.15, 0.2) is 6.29 Å². The van der Waals surface area contributed by atoms with Gasteiger partial charge in [0.2, 0.25) is 0 Å². The van der Waals surface area contributed by atoms with Gasteiger partial charge in [0.1, 0.15) is 0 Å². The smallest absolute Gasteiger partial charge is 0.270 e. The lowest BCUT2D eigenvalue weighted by Gasteiger charge is -2.15. The quantitative estimate of drug-likeness (QED) is 0.779. The van der Waals surface area contributed by atoms with Crippen LogP contribution in [0.5, 0.6) is 0 Å². The molecule has 1 aromatic carbocycles. The third kappa shape index (κ3) is 3.54. The first kappa shape index (κ1) is 13.1. The van der Waals surface area contributed by atoms with Crippen molar-refractivity contribution in [2.24, 2.45) is 5.92 Å². The number of aliphatic hydroxyl groups excluding tert-OH is 1. The van der Waals surface area contributed by atoms with Crippen LogP contribution in [0.15, 0.2) is 24.3 Å². The number of benzene rings is 1. The average molecular weight is 230 g/mol. The number of hydrogen-bond donors (Lipinski definition) is 2. The van der Waals surface area contributed by atoms with E-state index in [2.05, 4.69) is 0 Å². The van der Waals surface area contributed by atoms with Gasteiger partial charge in [-0.05, 0) is 12.0 Å². The summed E-state index contributed by atoms with van der Waals surface area (Å²) >= 11 is 0. The van der Waals surface area contributed by atoms with E-state index in [-0.39, 0.29) is 11.5 Å². The van der Waals surface area contributed by atoms with E-state index < -0.39 is 12.2 Å². The van der Waals surface area contributed by atoms with Gasteiger partial charge in [0.05, 0.1) is 0 Å². The van der Waals surface area contributed by atoms with Crippen molar-refractivity contribution in [2.45, 2.75) is 32.5 Å². The molecule has 0 heterocycles. The molecule has 0 aromatic heterocycles. The van der Waals surface area contributed by atoms with Crippen LogP contribution in [0.25, 0.3) is 0 Å². The molecule has 0 fully saturated rings. The van der Waals surface area contributed by atoms with Crippen LogP contribution >= 0.6 is 0 Å². The van der Waals surface area contributed by atoms with Crippen LogP contribution in [0.1, 0.15) is 25.0 Å². The predicted octanol–water partition coefficient (Wildman–Crippen LogP) is 2.29. The SMILES string of the molecule is C[C@@H](Cc1ccc(C(C)(F)F)cc1)C(O)O. The van der Waals surface area contributed by atoms with Crippen molar-refractivity contribution in [3.05, 3.63) is 35.4 Å². The molecule has 0 unspecified atom stereocenters. The standard InChI is InChI=1S/C12H16F2O2/c1-8(11(15)16)7-9-3-5-10(6-4-9)12(2,13)14/h3-6,8,11,15-16H,7H2,1-2H3/t8-/m0/s1. The summed E-state index contributed by atoms with van der Waals surface area (Å²) in [7, 11) is 0. The Labute approximate surface area is 93.5 Å². The molecule has 0 aliphatic rings. The largest absolute Gasteiger partial charge is 0.368 e. The minimum absolute atomic E-state index is 0.0338. The lowest BCUT2D eigenvalue weighted by Crippen LogP contribution is -2.18. The molecule has 0 spiro atoms. The highest BCUT2D eigenvalue weighted by Gasteiger charge is 2.23. The first-order valence-electron chi connectivity index (χ1n) is 5.14. The molecule has 0 aliphatic heterocycles. The van der Waals surface area contributed by atoms with Crippen LogP contribution in [0.4, 0.5) is 8.78 Å². The Hall–Kier alpha value is -1.00. The maximum absolute atomic E-state index is 12.9. The van der Waals surface area contributed by atoms with Gasteiger partial charge >= 0.3 is 0 Å². The summed E-state index contributed by atoms with van der Waals surface area (Å²) in [5, 5.41) is 17.8. The van der Waals surface area contributed by atoms with Gasteiger partial charge in [-0.15, -0.1) is 0 Å². The highest BCUT2D eigenvalue weighted by Crippen LogP contribution is 2.27. The van der Waals surface area contributed by atoms with Crippen molar-refractivity contribution in [3.8, 4) is 0 Å². The van der Waals surface area contributed by atoms with Crippen molar-refractivity contribution in [2.75, 3.05) is 0 Å². The summed E-state index contributed by atoms with van der Waals surface area (Å²) in [6.07, 6.45) is -0.931. The molecule has 0 aliphatic carbocycles. The number of alkyl halides is 2. The molecular weight excluding hydrogens is 214 g/mol. The molecule has 90 valence electrons. The van der Waals surface area contributed by atoms with Gasteiger partial charge < -0.3 is 10.2 Å². The van der Waals surface area contributed by atoms with Crippen LogP contribution in [0.2, 0.25) is 0 Å². The fourth-order valence-electron chi connectivity index (χ4n) is 1.41. The molecule has 0 saturated heterocycles. The maximum Gasteiger partial charge on any atom is 0.270 e. The minimum Gasteiger partial charge on any atom is -0.368 e. The monoisotopic (exact) mass is 230 g/mol. The first-order valence-corrected chi connectivity index (χ1v) is 5.14. The summed E-state index contributed by atoms with van der Waals surface area (Å²) in [6, 6.07) is 5.91. The van der Waals surface area contributed by atoms with Crippen LogP contribution in [-0.2, 0) is 12.3 Å². The second-order valence-electron chi connectivity index (χ2n) is 4.18. The normalized spacial score (nSPS) is 14.2. The van der Waals surface area contributed by atoms with Crippen molar-refractivity contribution >= 4 is 0 Å². The summed E-state index contributed by atoms with van der Waals surface area (Å²) in [4.78, 5) is 0. The Morgan fingerprint density at radius 3 is 2.06 bits per heavy atom. The third-order valence-electron chi connectivity index (χ3n) is 2.53. The first-order chi connectivity index (χ1) is 7.30. The Balaban J connectivity index is 2.72. The summed E-state index contributed by atoms with van der Waals surface area (Å²) < 4.78 is 25.8. The van der Waals surface area contributed by atoms with Gasteiger partial charge in [0, 0.05) is 18.4 Å². The van der Waals surface area contributed by atoms with Crippen LogP contribution in [-0.4, -0.2) is 16.5 Å². The Kier molecular flexibility index (Phi) is 3.99. The van der Waals surface area contributed by atoms with E-state index in [1.54, 1.807) is 19.1 Å². The van der Waals surface area contributed by atoms with Crippen molar-refractivity contribution in [1.82, 2.24) is 0 Å². The molecule has 1 atom stereocenters. The molecule has 16 heavy (non-hydrogen) atoms. The van der Waals surface area contributed by atoms with E-state index in [9.17, 15) is 8.78 Å². The predicted molar refractivity (Wildman–Crippen MR) is 57.1 cm³/mol. The molecule has 0 radical (unpaired) electrons. The number of halogens is 2. The van der Waals surface area contributed by atoms with Gasteiger partial charge in [-0.2, -0.15) is 0 Å². The maximum atomic E-state index is 12.9. The number of rotatable bonds is 4. The van der Waals surface area contributed by atoms with E-state index in [1.807, 2.05) is 0 Å². The van der Waals surface area contributed by atoms with Crippen LogP contribution in [0, 0.1) is 5.92 Å². The lowest BCUT2D eigenvalue weighted by molar-refractivity contribution is -0.0780. The zero-order chi connectivity index (χ0) is 12.3. The molecule has 0 bridgehead atoms. The van der Waals surface area contributed by atoms with Gasteiger partial charge in [0.25, 0.3) is 5.92 Å². The molecule has 1 rings (SSSR count). The summed E-state index contributed by atoms with van der Waals surface area (Å²) in [5.74, 6) is -3.14. The lowest BCUT2D eigenvalue weighted by atomic mass is 9.99. The molecule has 0 amide bonds. The molecule has 0 saturated carbocycles. The molecule has 2 N–H and O–H groups in total. The van der Waals surface area contributed by atoms with Crippen molar-refractivity contribution < 1.29 is 19.0 Å². The summed E-state index contributed by atoms with van der Waals surface area (Å²) in [6.45, 7) is 2.54. The van der Waals surface area contributed by atoms with Crippen LogP contribution < -0.4 is 0 Å². The number of hydrogen-bond acceptors (Lipinski definition) is 2. The fourth-order valence-corrected chi connectivity index (χ4v) is 1.41. The topological polar surface area (TPSA) is 40.5 Å². The third-order valence-corrected chi connectivity index (χ3v) is 2.53.